The predicted molar refractivity (Wildman–Crippen MR) is 71.5 cm³/mol. The van der Waals surface area contributed by atoms with E-state index in [9.17, 15) is 0 Å². The van der Waals surface area contributed by atoms with Gasteiger partial charge in [0.25, 0.3) is 6.01 Å². The van der Waals surface area contributed by atoms with Crippen LogP contribution in [-0.2, 0) is 6.54 Å². The van der Waals surface area contributed by atoms with Crippen LogP contribution in [0.15, 0.2) is 10.7 Å². The molecular formula is C14H23N3O. The first-order chi connectivity index (χ1) is 8.76. The Hall–Kier alpha value is -1.03. The van der Waals surface area contributed by atoms with Gasteiger partial charge in [-0.1, -0.05) is 6.42 Å². The first kappa shape index (κ1) is 12.0. The molecule has 1 heterocycles. The van der Waals surface area contributed by atoms with Crippen LogP contribution in [0.3, 0.4) is 0 Å². The summed E-state index contributed by atoms with van der Waals surface area (Å²) >= 11 is 0. The molecule has 0 radical (unpaired) electrons. The van der Waals surface area contributed by atoms with Crippen LogP contribution in [0.2, 0.25) is 0 Å². The Labute approximate surface area is 109 Å². The lowest BCUT2D eigenvalue weighted by Gasteiger charge is -2.26. The van der Waals surface area contributed by atoms with Crippen LogP contribution in [0.5, 0.6) is 0 Å². The fourth-order valence-electron chi connectivity index (χ4n) is 3.76. The van der Waals surface area contributed by atoms with Crippen molar-refractivity contribution >= 4 is 6.01 Å². The van der Waals surface area contributed by atoms with Gasteiger partial charge in [-0.2, -0.15) is 4.98 Å². The molecule has 18 heavy (non-hydrogen) atoms. The molecule has 2 aliphatic carbocycles. The van der Waals surface area contributed by atoms with E-state index in [0.717, 1.165) is 42.6 Å². The van der Waals surface area contributed by atoms with Crippen LogP contribution >= 0.6 is 0 Å². The molecule has 4 heteroatoms. The molecule has 2 aliphatic rings. The highest BCUT2D eigenvalue weighted by atomic mass is 16.4. The van der Waals surface area contributed by atoms with Crippen molar-refractivity contribution in [2.24, 2.45) is 17.8 Å². The van der Waals surface area contributed by atoms with Crippen molar-refractivity contribution in [1.29, 1.82) is 0 Å². The molecular weight excluding hydrogens is 226 g/mol. The summed E-state index contributed by atoms with van der Waals surface area (Å²) in [5, 5.41) is 3.09. The molecule has 0 spiro atoms. The van der Waals surface area contributed by atoms with E-state index >= 15 is 0 Å². The number of oxazole rings is 1. The van der Waals surface area contributed by atoms with E-state index in [1.54, 1.807) is 6.26 Å². The number of rotatable bonds is 5. The Bertz CT molecular complexity index is 403. The van der Waals surface area contributed by atoms with Gasteiger partial charge in [0.05, 0.1) is 5.69 Å². The highest BCUT2D eigenvalue weighted by molar-refractivity contribution is 5.25. The van der Waals surface area contributed by atoms with Gasteiger partial charge in [0, 0.05) is 20.1 Å². The van der Waals surface area contributed by atoms with Crippen LogP contribution in [0.1, 0.15) is 31.4 Å². The summed E-state index contributed by atoms with van der Waals surface area (Å²) in [4.78, 5) is 6.69. The van der Waals surface area contributed by atoms with E-state index in [1.165, 1.54) is 25.7 Å². The largest absolute Gasteiger partial charge is 0.432 e. The van der Waals surface area contributed by atoms with Crippen molar-refractivity contribution in [1.82, 2.24) is 10.3 Å². The third-order valence-electron chi connectivity index (χ3n) is 4.62. The topological polar surface area (TPSA) is 41.3 Å². The van der Waals surface area contributed by atoms with Gasteiger partial charge in [-0.15, -0.1) is 0 Å². The van der Waals surface area contributed by atoms with Crippen molar-refractivity contribution in [2.75, 3.05) is 25.5 Å². The van der Waals surface area contributed by atoms with Crippen molar-refractivity contribution in [2.45, 2.75) is 32.2 Å². The van der Waals surface area contributed by atoms with E-state index in [0.29, 0.717) is 0 Å². The number of hydrogen-bond donors (Lipinski definition) is 1. The highest BCUT2D eigenvalue weighted by Crippen LogP contribution is 2.48. The van der Waals surface area contributed by atoms with E-state index in [1.807, 2.05) is 7.05 Å². The minimum atomic E-state index is 0.767. The Morgan fingerprint density at radius 1 is 1.44 bits per heavy atom. The van der Waals surface area contributed by atoms with Crippen LogP contribution in [-0.4, -0.2) is 25.6 Å². The first-order valence-electron chi connectivity index (χ1n) is 7.06. The maximum Gasteiger partial charge on any atom is 0.297 e. The average molecular weight is 249 g/mol. The molecule has 3 unspecified atom stereocenters. The van der Waals surface area contributed by atoms with Crippen molar-refractivity contribution < 1.29 is 4.42 Å². The molecule has 0 saturated heterocycles. The zero-order valence-corrected chi connectivity index (χ0v) is 11.4. The lowest BCUT2D eigenvalue weighted by Crippen LogP contribution is -2.28. The van der Waals surface area contributed by atoms with Gasteiger partial charge < -0.3 is 14.6 Å². The molecule has 3 rings (SSSR count). The zero-order valence-electron chi connectivity index (χ0n) is 11.4. The van der Waals surface area contributed by atoms with Crippen molar-refractivity contribution in [3.63, 3.8) is 0 Å². The molecule has 0 amide bonds. The highest BCUT2D eigenvalue weighted by Gasteiger charge is 2.39. The molecule has 2 bridgehead atoms. The minimum Gasteiger partial charge on any atom is -0.432 e. The number of fused-ring (bicyclic) bond motifs is 2. The molecule has 1 N–H and O–H groups in total. The Balaban J connectivity index is 1.58. The van der Waals surface area contributed by atoms with Gasteiger partial charge >= 0.3 is 0 Å². The summed E-state index contributed by atoms with van der Waals surface area (Å²) < 4.78 is 5.54. The molecule has 1 aromatic rings. The lowest BCUT2D eigenvalue weighted by atomic mass is 9.88. The van der Waals surface area contributed by atoms with Crippen LogP contribution in [0.25, 0.3) is 0 Å². The zero-order chi connectivity index (χ0) is 12.5. The van der Waals surface area contributed by atoms with Crippen molar-refractivity contribution in [3.8, 4) is 0 Å². The van der Waals surface area contributed by atoms with Crippen LogP contribution in [0, 0.1) is 17.8 Å². The SMILES string of the molecule is CNCc1coc(N(C)CC2CC3CCC2C3)n1. The van der Waals surface area contributed by atoms with Gasteiger partial charge in [-0.3, -0.25) is 0 Å². The summed E-state index contributed by atoms with van der Waals surface area (Å²) in [5.74, 6) is 2.83. The minimum absolute atomic E-state index is 0.767. The van der Waals surface area contributed by atoms with Gasteiger partial charge in [-0.05, 0) is 44.1 Å². The second-order valence-electron chi connectivity index (χ2n) is 5.97. The lowest BCUT2D eigenvalue weighted by molar-refractivity contribution is 0.332. The molecule has 4 nitrogen and oxygen atoms in total. The van der Waals surface area contributed by atoms with Gasteiger partial charge in [0.15, 0.2) is 0 Å². The quantitative estimate of drug-likeness (QED) is 0.869. The van der Waals surface area contributed by atoms with Crippen LogP contribution < -0.4 is 10.2 Å². The Kier molecular flexibility index (Phi) is 3.29. The standard InChI is InChI=1S/C14H23N3O/c1-15-7-13-9-18-14(16-13)17(2)8-12-6-10-3-4-11(12)5-10/h9-12,15H,3-8H2,1-2H3. The normalized spacial score (nSPS) is 30.0. The Morgan fingerprint density at radius 2 is 2.33 bits per heavy atom. The molecule has 2 saturated carbocycles. The summed E-state index contributed by atoms with van der Waals surface area (Å²) in [6, 6.07) is 0.767. The maximum absolute atomic E-state index is 5.54. The smallest absolute Gasteiger partial charge is 0.297 e. The second kappa shape index (κ2) is 4.92. The van der Waals surface area contributed by atoms with Gasteiger partial charge in [-0.25, -0.2) is 0 Å². The molecule has 1 aromatic heterocycles. The fraction of sp³-hybridized carbons (Fsp3) is 0.786. The average Bonchev–Trinajstić information content (AvgIpc) is 3.04. The first-order valence-corrected chi connectivity index (χ1v) is 7.06. The summed E-state index contributed by atoms with van der Waals surface area (Å²) in [5.41, 5.74) is 0.979. The Morgan fingerprint density at radius 3 is 3.00 bits per heavy atom. The van der Waals surface area contributed by atoms with Gasteiger partial charge in [0.1, 0.15) is 6.26 Å². The number of hydrogen-bond acceptors (Lipinski definition) is 4. The number of aromatic nitrogens is 1. The maximum atomic E-state index is 5.54. The predicted octanol–water partition coefficient (Wildman–Crippen LogP) is 2.27. The molecule has 2 fully saturated rings. The number of nitrogens with zero attached hydrogens (tertiary/aromatic N) is 2. The van der Waals surface area contributed by atoms with Crippen LogP contribution in [0.4, 0.5) is 6.01 Å². The van der Waals surface area contributed by atoms with E-state index < -0.39 is 0 Å². The number of anilines is 1. The monoisotopic (exact) mass is 249 g/mol. The van der Waals surface area contributed by atoms with Gasteiger partial charge in [0.2, 0.25) is 0 Å². The van der Waals surface area contributed by atoms with Crippen molar-refractivity contribution in [3.05, 3.63) is 12.0 Å². The molecule has 0 aromatic carbocycles. The molecule has 0 aliphatic heterocycles. The summed E-state index contributed by atoms with van der Waals surface area (Å²) in [6.45, 7) is 1.87. The molecule has 100 valence electrons. The summed E-state index contributed by atoms with van der Waals surface area (Å²) in [7, 11) is 4.02. The molecule has 3 atom stereocenters. The third-order valence-corrected chi connectivity index (χ3v) is 4.62. The van der Waals surface area contributed by atoms with E-state index in [4.69, 9.17) is 4.42 Å². The van der Waals surface area contributed by atoms with E-state index in [2.05, 4.69) is 22.2 Å². The second-order valence-corrected chi connectivity index (χ2v) is 5.97. The summed E-state index contributed by atoms with van der Waals surface area (Å²) in [6.07, 6.45) is 7.55. The third kappa shape index (κ3) is 2.26. The number of nitrogens with one attached hydrogen (secondary N) is 1. The fourth-order valence-corrected chi connectivity index (χ4v) is 3.76. The van der Waals surface area contributed by atoms with E-state index in [-0.39, 0.29) is 0 Å².